The van der Waals surface area contributed by atoms with Crippen molar-refractivity contribution in [2.24, 2.45) is 0 Å². The fourth-order valence-electron chi connectivity index (χ4n) is 4.25. The van der Waals surface area contributed by atoms with Gasteiger partial charge in [0, 0.05) is 17.4 Å². The second-order valence-electron chi connectivity index (χ2n) is 9.17. The molecule has 0 saturated heterocycles. The number of anilines is 4. The molecule has 4 N–H and O–H groups in total. The number of methoxy groups -OCH3 is 2. The summed E-state index contributed by atoms with van der Waals surface area (Å²) in [6.45, 7) is -0.245. The molecule has 1 amide bonds. The van der Waals surface area contributed by atoms with Crippen molar-refractivity contribution in [1.82, 2.24) is 9.97 Å². The lowest BCUT2D eigenvalue weighted by molar-refractivity contribution is 0.102. The van der Waals surface area contributed by atoms with Gasteiger partial charge >= 0.3 is 0 Å². The first-order chi connectivity index (χ1) is 20.7. The van der Waals surface area contributed by atoms with Crippen LogP contribution in [0.3, 0.4) is 0 Å². The number of carbonyl (C=O) groups excluding carboxylic acids is 1. The highest BCUT2D eigenvalue weighted by molar-refractivity contribution is 7.92. The average Bonchev–Trinajstić information content (AvgIpc) is 3.00. The van der Waals surface area contributed by atoms with Gasteiger partial charge in [-0.2, -0.15) is 0 Å². The Morgan fingerprint density at radius 3 is 2.28 bits per heavy atom. The number of halogens is 1. The number of aromatic nitrogens is 2. The van der Waals surface area contributed by atoms with Crippen molar-refractivity contribution in [3.8, 4) is 11.5 Å². The van der Waals surface area contributed by atoms with Gasteiger partial charge in [0.1, 0.15) is 22.9 Å². The van der Waals surface area contributed by atoms with Crippen LogP contribution in [0.1, 0.15) is 15.9 Å². The van der Waals surface area contributed by atoms with Gasteiger partial charge in [0.25, 0.3) is 15.9 Å². The van der Waals surface area contributed by atoms with E-state index in [-0.39, 0.29) is 40.1 Å². The Hall–Kier alpha value is -5.27. The molecule has 5 rings (SSSR count). The average molecular weight is 604 g/mol. The van der Waals surface area contributed by atoms with Crippen LogP contribution in [-0.2, 0) is 16.6 Å². The van der Waals surface area contributed by atoms with Crippen molar-refractivity contribution < 1.29 is 32.2 Å². The highest BCUT2D eigenvalue weighted by Gasteiger charge is 2.22. The Bertz CT molecular complexity index is 1910. The smallest absolute Gasteiger partial charge is 0.263 e. The number of ether oxygens (including phenoxy) is 2. The Labute approximate surface area is 246 Å². The number of nitrogens with zero attached hydrogens (tertiary/aromatic N) is 2. The lowest BCUT2D eigenvalue weighted by Crippen LogP contribution is -2.18. The molecule has 0 spiro atoms. The first kappa shape index (κ1) is 29.2. The third-order valence-electron chi connectivity index (χ3n) is 6.27. The molecule has 0 fully saturated rings. The van der Waals surface area contributed by atoms with E-state index in [0.717, 1.165) is 6.07 Å². The van der Waals surface area contributed by atoms with Crippen molar-refractivity contribution in [2.75, 3.05) is 29.6 Å². The topological polar surface area (TPSA) is 152 Å². The summed E-state index contributed by atoms with van der Waals surface area (Å²) in [4.78, 5) is 21.7. The van der Waals surface area contributed by atoms with Gasteiger partial charge in [0.2, 0.25) is 0 Å². The molecule has 0 aliphatic rings. The van der Waals surface area contributed by atoms with Gasteiger partial charge in [-0.1, -0.05) is 24.3 Å². The zero-order valence-electron chi connectivity index (χ0n) is 23.0. The second kappa shape index (κ2) is 12.3. The second-order valence-corrected chi connectivity index (χ2v) is 10.8. The third kappa shape index (κ3) is 6.47. The van der Waals surface area contributed by atoms with Gasteiger partial charge in [0.05, 0.1) is 36.8 Å². The van der Waals surface area contributed by atoms with E-state index in [1.54, 1.807) is 42.5 Å². The highest BCUT2D eigenvalue weighted by atomic mass is 32.2. The molecule has 0 bridgehead atoms. The van der Waals surface area contributed by atoms with Crippen molar-refractivity contribution >= 4 is 50.0 Å². The van der Waals surface area contributed by atoms with Crippen molar-refractivity contribution in [3.05, 3.63) is 102 Å². The van der Waals surface area contributed by atoms with Crippen molar-refractivity contribution in [3.63, 3.8) is 0 Å². The molecule has 1 heterocycles. The number of hydrogen-bond donors (Lipinski definition) is 4. The first-order valence-corrected chi connectivity index (χ1v) is 14.3. The van der Waals surface area contributed by atoms with Crippen molar-refractivity contribution in [2.45, 2.75) is 11.5 Å². The maximum absolute atomic E-state index is 14.4. The molecular weight excluding hydrogens is 577 g/mol. The van der Waals surface area contributed by atoms with Gasteiger partial charge in [-0.3, -0.25) is 9.52 Å². The summed E-state index contributed by atoms with van der Waals surface area (Å²) in [7, 11) is -1.48. The quantitative estimate of drug-likeness (QED) is 0.171. The fourth-order valence-corrected chi connectivity index (χ4v) is 5.31. The predicted octanol–water partition coefficient (Wildman–Crippen LogP) is 5.08. The molecule has 0 atom stereocenters. The minimum absolute atomic E-state index is 0.0278. The molecule has 4 aromatic carbocycles. The summed E-state index contributed by atoms with van der Waals surface area (Å²) in [5, 5.41) is 15.2. The molecule has 11 nitrogen and oxygen atoms in total. The zero-order valence-corrected chi connectivity index (χ0v) is 23.8. The van der Waals surface area contributed by atoms with Gasteiger partial charge < -0.3 is 25.2 Å². The summed E-state index contributed by atoms with van der Waals surface area (Å²) < 4.78 is 54.4. The van der Waals surface area contributed by atoms with Crippen LogP contribution in [0.5, 0.6) is 11.5 Å². The van der Waals surface area contributed by atoms with E-state index in [2.05, 4.69) is 25.3 Å². The SMILES string of the molecule is COc1cc(CO)cc(Nc2nc3ccccc3nc2NS(=O)(=O)c2cccc(NC(=O)c3c(F)cccc3OC)c2)c1. The number of benzene rings is 4. The summed E-state index contributed by atoms with van der Waals surface area (Å²) in [5.41, 5.74) is 1.76. The standard InChI is InChI=1S/C30H26FN5O6S/c1-41-21-14-18(17-37)13-20(15-21)32-28-29(35-25-11-4-3-10-24(25)34-28)36-43(39,40)22-8-5-7-19(16-22)33-30(38)27-23(31)9-6-12-26(27)42-2/h3-16,37H,17H2,1-2H3,(H,32,34)(H,33,38)(H,35,36). The number of nitrogens with one attached hydrogen (secondary N) is 3. The lowest BCUT2D eigenvalue weighted by atomic mass is 10.1. The largest absolute Gasteiger partial charge is 0.497 e. The van der Waals surface area contributed by atoms with E-state index in [1.807, 2.05) is 0 Å². The Kier molecular flexibility index (Phi) is 8.36. The molecule has 0 saturated carbocycles. The molecular formula is C30H26FN5O6S. The highest BCUT2D eigenvalue weighted by Crippen LogP contribution is 2.30. The molecule has 0 radical (unpaired) electrons. The minimum Gasteiger partial charge on any atom is -0.497 e. The monoisotopic (exact) mass is 603 g/mol. The van der Waals surface area contributed by atoms with Crippen LogP contribution in [0, 0.1) is 5.82 Å². The number of sulfonamides is 1. The predicted molar refractivity (Wildman–Crippen MR) is 160 cm³/mol. The van der Waals surface area contributed by atoms with Gasteiger partial charge in [0.15, 0.2) is 11.6 Å². The molecule has 220 valence electrons. The van der Waals surface area contributed by atoms with Crippen molar-refractivity contribution in [1.29, 1.82) is 0 Å². The molecule has 0 aliphatic carbocycles. The number of aliphatic hydroxyl groups excluding tert-OH is 1. The molecule has 0 unspecified atom stereocenters. The number of aliphatic hydroxyl groups is 1. The van der Waals surface area contributed by atoms with E-state index in [1.165, 1.54) is 50.6 Å². The van der Waals surface area contributed by atoms with Crippen LogP contribution < -0.4 is 24.8 Å². The summed E-state index contributed by atoms with van der Waals surface area (Å²) in [5.74, 6) is -1.12. The van der Waals surface area contributed by atoms with Crippen LogP contribution in [0.15, 0.2) is 89.8 Å². The van der Waals surface area contributed by atoms with Gasteiger partial charge in [-0.05, 0) is 60.2 Å². The number of para-hydroxylation sites is 2. The first-order valence-electron chi connectivity index (χ1n) is 12.8. The number of amides is 1. The van der Waals surface area contributed by atoms with Gasteiger partial charge in [-0.25, -0.2) is 22.8 Å². The number of carbonyl (C=O) groups is 1. The summed E-state index contributed by atoms with van der Waals surface area (Å²) in [6.07, 6.45) is 0. The number of rotatable bonds is 10. The van der Waals surface area contributed by atoms with E-state index in [4.69, 9.17) is 9.47 Å². The van der Waals surface area contributed by atoms with Crippen LogP contribution in [0.2, 0.25) is 0 Å². The van der Waals surface area contributed by atoms with Crippen LogP contribution in [0.25, 0.3) is 11.0 Å². The molecule has 43 heavy (non-hydrogen) atoms. The maximum Gasteiger partial charge on any atom is 0.263 e. The van der Waals surface area contributed by atoms with E-state index < -0.39 is 21.7 Å². The Balaban J connectivity index is 1.47. The zero-order chi connectivity index (χ0) is 30.6. The molecule has 13 heteroatoms. The third-order valence-corrected chi connectivity index (χ3v) is 7.61. The molecule has 1 aromatic heterocycles. The normalized spacial score (nSPS) is 11.2. The van der Waals surface area contributed by atoms with Crippen LogP contribution >= 0.6 is 0 Å². The number of fused-ring (bicyclic) bond motifs is 1. The van der Waals surface area contributed by atoms with E-state index in [9.17, 15) is 22.7 Å². The molecule has 0 aliphatic heterocycles. The maximum atomic E-state index is 14.4. The Morgan fingerprint density at radius 2 is 1.58 bits per heavy atom. The molecule has 5 aromatic rings. The van der Waals surface area contributed by atoms with E-state index in [0.29, 0.717) is 28.0 Å². The lowest BCUT2D eigenvalue weighted by Gasteiger charge is -2.15. The van der Waals surface area contributed by atoms with E-state index >= 15 is 0 Å². The Morgan fingerprint density at radius 1 is 0.860 bits per heavy atom. The van der Waals surface area contributed by atoms with Crippen LogP contribution in [0.4, 0.5) is 27.4 Å². The summed E-state index contributed by atoms with van der Waals surface area (Å²) in [6, 6.07) is 21.3. The summed E-state index contributed by atoms with van der Waals surface area (Å²) >= 11 is 0. The minimum atomic E-state index is -4.27. The number of hydrogen-bond acceptors (Lipinski definition) is 9. The van der Waals surface area contributed by atoms with Crippen LogP contribution in [-0.4, -0.2) is 43.6 Å². The fraction of sp³-hybridized carbons (Fsp3) is 0.100. The van der Waals surface area contributed by atoms with Gasteiger partial charge in [-0.15, -0.1) is 0 Å².